The second-order valence-corrected chi connectivity index (χ2v) is 6.01. The van der Waals surface area contributed by atoms with Gasteiger partial charge in [-0.1, -0.05) is 6.07 Å². The molecule has 0 radical (unpaired) electrons. The Kier molecular flexibility index (Phi) is 6.15. The minimum absolute atomic E-state index is 0.0114. The van der Waals surface area contributed by atoms with Crippen LogP contribution in [0, 0.1) is 0 Å². The first-order chi connectivity index (χ1) is 9.38. The lowest BCUT2D eigenvalue weighted by Gasteiger charge is -2.11. The number of halogens is 2. The fourth-order valence-corrected chi connectivity index (χ4v) is 2.13. The van der Waals surface area contributed by atoms with Gasteiger partial charge in [0.05, 0.1) is 12.9 Å². The van der Waals surface area contributed by atoms with Gasteiger partial charge in [-0.2, -0.15) is 8.78 Å². The summed E-state index contributed by atoms with van der Waals surface area (Å²) in [4.78, 5) is 0. The van der Waals surface area contributed by atoms with Gasteiger partial charge in [-0.3, -0.25) is 0 Å². The average molecular weight is 309 g/mol. The molecule has 1 aromatic rings. The van der Waals surface area contributed by atoms with Crippen LogP contribution in [0.5, 0.6) is 11.5 Å². The zero-order valence-corrected chi connectivity index (χ0v) is 12.0. The van der Waals surface area contributed by atoms with E-state index in [-0.39, 0.29) is 23.8 Å². The molecule has 114 valence electrons. The van der Waals surface area contributed by atoms with Crippen molar-refractivity contribution < 1.29 is 26.7 Å². The van der Waals surface area contributed by atoms with Crippen LogP contribution in [-0.4, -0.2) is 34.4 Å². The van der Waals surface area contributed by atoms with E-state index in [2.05, 4.69) is 9.46 Å². The van der Waals surface area contributed by atoms with Crippen molar-refractivity contribution in [1.29, 1.82) is 0 Å². The summed E-state index contributed by atoms with van der Waals surface area (Å²) >= 11 is 0. The van der Waals surface area contributed by atoms with Crippen molar-refractivity contribution in [3.05, 3.63) is 23.8 Å². The Morgan fingerprint density at radius 3 is 2.55 bits per heavy atom. The van der Waals surface area contributed by atoms with Crippen LogP contribution in [0.2, 0.25) is 0 Å². The van der Waals surface area contributed by atoms with Crippen molar-refractivity contribution in [3.63, 3.8) is 0 Å². The highest BCUT2D eigenvalue weighted by Gasteiger charge is 2.11. The van der Waals surface area contributed by atoms with Gasteiger partial charge in [0.15, 0.2) is 11.5 Å². The third-order valence-electron chi connectivity index (χ3n) is 2.56. The van der Waals surface area contributed by atoms with Gasteiger partial charge < -0.3 is 9.47 Å². The summed E-state index contributed by atoms with van der Waals surface area (Å²) in [6, 6.07) is 4.49. The molecule has 0 aliphatic heterocycles. The highest BCUT2D eigenvalue weighted by Crippen LogP contribution is 2.29. The molecule has 0 atom stereocenters. The van der Waals surface area contributed by atoms with E-state index < -0.39 is 16.6 Å². The Morgan fingerprint density at radius 1 is 1.30 bits per heavy atom. The van der Waals surface area contributed by atoms with Crippen LogP contribution in [0.15, 0.2) is 18.2 Å². The van der Waals surface area contributed by atoms with Crippen molar-refractivity contribution in [2.75, 3.05) is 19.4 Å². The molecule has 0 heterocycles. The Hall–Kier alpha value is -1.41. The van der Waals surface area contributed by atoms with E-state index in [1.165, 1.54) is 19.2 Å². The van der Waals surface area contributed by atoms with E-state index in [1.54, 1.807) is 13.0 Å². The smallest absolute Gasteiger partial charge is 0.387 e. The number of sulfonamides is 1. The average Bonchev–Trinajstić information content (AvgIpc) is 2.39. The predicted octanol–water partition coefficient (Wildman–Crippen LogP) is 1.78. The number of methoxy groups -OCH3 is 1. The first kappa shape index (κ1) is 16.6. The molecule has 0 saturated heterocycles. The summed E-state index contributed by atoms with van der Waals surface area (Å²) in [5, 5.41) is 0. The van der Waals surface area contributed by atoms with Crippen molar-refractivity contribution in [1.82, 2.24) is 4.72 Å². The maximum absolute atomic E-state index is 12.2. The molecule has 0 aliphatic carbocycles. The van der Waals surface area contributed by atoms with E-state index >= 15 is 0 Å². The standard InChI is InChI=1S/C12H17F2NO4S/c1-3-20(16,17)15-7-6-9-4-5-10(19-12(13)14)11(8-9)18-2/h4-5,8,12,15H,3,6-7H2,1-2H3. The number of alkyl halides is 2. The van der Waals surface area contributed by atoms with Gasteiger partial charge in [0.25, 0.3) is 0 Å². The molecule has 1 N–H and O–H groups in total. The summed E-state index contributed by atoms with van der Waals surface area (Å²) in [7, 11) is -1.89. The van der Waals surface area contributed by atoms with E-state index in [0.717, 1.165) is 5.56 Å². The lowest BCUT2D eigenvalue weighted by atomic mass is 10.1. The predicted molar refractivity (Wildman–Crippen MR) is 70.8 cm³/mol. The van der Waals surface area contributed by atoms with Gasteiger partial charge in [-0.25, -0.2) is 13.1 Å². The monoisotopic (exact) mass is 309 g/mol. The maximum atomic E-state index is 12.2. The molecular formula is C12H17F2NO4S. The van der Waals surface area contributed by atoms with Gasteiger partial charge in [-0.15, -0.1) is 0 Å². The zero-order chi connectivity index (χ0) is 15.2. The van der Waals surface area contributed by atoms with E-state index in [9.17, 15) is 17.2 Å². The zero-order valence-electron chi connectivity index (χ0n) is 11.2. The molecule has 0 aliphatic rings. The second-order valence-electron chi connectivity index (χ2n) is 3.91. The molecule has 0 saturated carbocycles. The molecule has 0 unspecified atom stereocenters. The van der Waals surface area contributed by atoms with Crippen molar-refractivity contribution in [3.8, 4) is 11.5 Å². The number of benzene rings is 1. The Labute approximate surface area is 116 Å². The quantitative estimate of drug-likeness (QED) is 0.795. The van der Waals surface area contributed by atoms with Crippen LogP contribution in [0.3, 0.4) is 0 Å². The molecule has 0 bridgehead atoms. The topological polar surface area (TPSA) is 64.6 Å². The molecule has 0 spiro atoms. The summed E-state index contributed by atoms with van der Waals surface area (Å²) in [6.07, 6.45) is 0.421. The third kappa shape index (κ3) is 5.30. The molecule has 20 heavy (non-hydrogen) atoms. The summed E-state index contributed by atoms with van der Waals surface area (Å²) in [6.45, 7) is -1.15. The molecule has 0 fully saturated rings. The van der Waals surface area contributed by atoms with Crippen LogP contribution >= 0.6 is 0 Å². The van der Waals surface area contributed by atoms with Crippen LogP contribution < -0.4 is 14.2 Å². The Balaban J connectivity index is 2.68. The van der Waals surface area contributed by atoms with Crippen LogP contribution in [0.1, 0.15) is 12.5 Å². The van der Waals surface area contributed by atoms with Gasteiger partial charge in [0.1, 0.15) is 0 Å². The van der Waals surface area contributed by atoms with Gasteiger partial charge >= 0.3 is 6.61 Å². The van der Waals surface area contributed by atoms with Crippen LogP contribution in [0.4, 0.5) is 8.78 Å². The lowest BCUT2D eigenvalue weighted by Crippen LogP contribution is -2.27. The maximum Gasteiger partial charge on any atom is 0.387 e. The van der Waals surface area contributed by atoms with E-state index in [1.807, 2.05) is 0 Å². The fourth-order valence-electron chi connectivity index (χ4n) is 1.51. The van der Waals surface area contributed by atoms with Crippen LogP contribution in [-0.2, 0) is 16.4 Å². The molecular weight excluding hydrogens is 292 g/mol. The normalized spacial score (nSPS) is 11.7. The van der Waals surface area contributed by atoms with E-state index in [0.29, 0.717) is 6.42 Å². The lowest BCUT2D eigenvalue weighted by molar-refractivity contribution is -0.0512. The largest absolute Gasteiger partial charge is 0.493 e. The highest BCUT2D eigenvalue weighted by molar-refractivity contribution is 7.89. The van der Waals surface area contributed by atoms with Crippen LogP contribution in [0.25, 0.3) is 0 Å². The minimum Gasteiger partial charge on any atom is -0.493 e. The first-order valence-electron chi connectivity index (χ1n) is 5.97. The minimum atomic E-state index is -3.23. The van der Waals surface area contributed by atoms with Crippen molar-refractivity contribution in [2.24, 2.45) is 0 Å². The Bertz CT molecular complexity index is 534. The number of nitrogens with one attached hydrogen (secondary N) is 1. The van der Waals surface area contributed by atoms with E-state index in [4.69, 9.17) is 4.74 Å². The third-order valence-corrected chi connectivity index (χ3v) is 3.96. The molecule has 0 aromatic heterocycles. The van der Waals surface area contributed by atoms with Crippen molar-refractivity contribution in [2.45, 2.75) is 20.0 Å². The van der Waals surface area contributed by atoms with Crippen molar-refractivity contribution >= 4 is 10.0 Å². The number of hydrogen-bond donors (Lipinski definition) is 1. The summed E-state index contributed by atoms with van der Waals surface area (Å²) in [5.41, 5.74) is 0.752. The second kappa shape index (κ2) is 7.39. The number of hydrogen-bond acceptors (Lipinski definition) is 4. The molecule has 1 aromatic carbocycles. The molecule has 1 rings (SSSR count). The number of ether oxygens (including phenoxy) is 2. The van der Waals surface area contributed by atoms with Gasteiger partial charge in [0.2, 0.25) is 10.0 Å². The van der Waals surface area contributed by atoms with Gasteiger partial charge in [0, 0.05) is 6.54 Å². The summed E-state index contributed by atoms with van der Waals surface area (Å²) < 4.78 is 58.5. The fraction of sp³-hybridized carbons (Fsp3) is 0.500. The number of rotatable bonds is 8. The molecule has 8 heteroatoms. The first-order valence-corrected chi connectivity index (χ1v) is 7.62. The SMILES string of the molecule is CCS(=O)(=O)NCCc1ccc(OC(F)F)c(OC)c1. The molecule has 0 amide bonds. The summed E-state index contributed by atoms with van der Waals surface area (Å²) in [5.74, 6) is 0.138. The molecule has 5 nitrogen and oxygen atoms in total. The Morgan fingerprint density at radius 2 is 2.00 bits per heavy atom. The highest BCUT2D eigenvalue weighted by atomic mass is 32.2. The van der Waals surface area contributed by atoms with Gasteiger partial charge in [-0.05, 0) is 31.0 Å².